The van der Waals surface area contributed by atoms with Crippen molar-refractivity contribution in [3.8, 4) is 0 Å². The summed E-state index contributed by atoms with van der Waals surface area (Å²) in [6.45, 7) is 1.02. The van der Waals surface area contributed by atoms with Gasteiger partial charge in [-0.2, -0.15) is 0 Å². The number of benzene rings is 2. The van der Waals surface area contributed by atoms with Crippen molar-refractivity contribution in [1.29, 1.82) is 0 Å². The van der Waals surface area contributed by atoms with Gasteiger partial charge in [0.15, 0.2) is 0 Å². The van der Waals surface area contributed by atoms with Crippen LogP contribution in [0.2, 0.25) is 0 Å². The first kappa shape index (κ1) is 15.1. The van der Waals surface area contributed by atoms with Gasteiger partial charge in [-0.1, -0.05) is 46.3 Å². The topological polar surface area (TPSA) is 15.3 Å². The standard InChI is InChI=1S/C17H21BrN2/c1-19-17(14-8-10-15(18)11-9-14)12-13-20(2)16-6-4-3-5-7-16/h3-11,17,19H,12-13H2,1-2H3. The minimum atomic E-state index is 0.384. The van der Waals surface area contributed by atoms with E-state index in [-0.39, 0.29) is 0 Å². The molecule has 0 spiro atoms. The number of hydrogen-bond donors (Lipinski definition) is 1. The molecule has 1 atom stereocenters. The Hall–Kier alpha value is -1.32. The molecular formula is C17H21BrN2. The largest absolute Gasteiger partial charge is 0.375 e. The van der Waals surface area contributed by atoms with Crippen LogP contribution in [0, 0.1) is 0 Å². The van der Waals surface area contributed by atoms with Gasteiger partial charge in [0.1, 0.15) is 0 Å². The fourth-order valence-corrected chi connectivity index (χ4v) is 2.57. The number of halogens is 1. The van der Waals surface area contributed by atoms with Gasteiger partial charge in [0, 0.05) is 29.8 Å². The highest BCUT2D eigenvalue weighted by atomic mass is 79.9. The minimum absolute atomic E-state index is 0.384. The normalized spacial score (nSPS) is 12.2. The van der Waals surface area contributed by atoms with Gasteiger partial charge in [-0.15, -0.1) is 0 Å². The van der Waals surface area contributed by atoms with Crippen LogP contribution in [-0.2, 0) is 0 Å². The monoisotopic (exact) mass is 332 g/mol. The van der Waals surface area contributed by atoms with Gasteiger partial charge in [-0.25, -0.2) is 0 Å². The number of rotatable bonds is 6. The van der Waals surface area contributed by atoms with Gasteiger partial charge < -0.3 is 10.2 Å². The zero-order valence-electron chi connectivity index (χ0n) is 12.0. The average Bonchev–Trinajstić information content (AvgIpc) is 2.50. The first-order valence-corrected chi connectivity index (χ1v) is 7.69. The molecule has 1 unspecified atom stereocenters. The molecule has 20 heavy (non-hydrogen) atoms. The molecule has 3 heteroatoms. The van der Waals surface area contributed by atoms with Crippen LogP contribution in [0.4, 0.5) is 5.69 Å². The molecule has 106 valence electrons. The van der Waals surface area contributed by atoms with Crippen molar-refractivity contribution in [3.63, 3.8) is 0 Å². The van der Waals surface area contributed by atoms with Crippen LogP contribution in [0.15, 0.2) is 59.1 Å². The third-order valence-corrected chi connectivity index (χ3v) is 4.10. The molecule has 0 amide bonds. The molecular weight excluding hydrogens is 312 g/mol. The van der Waals surface area contributed by atoms with Crippen LogP contribution in [-0.4, -0.2) is 20.6 Å². The molecule has 0 aromatic heterocycles. The number of nitrogens with one attached hydrogen (secondary N) is 1. The minimum Gasteiger partial charge on any atom is -0.375 e. The lowest BCUT2D eigenvalue weighted by Gasteiger charge is -2.23. The lowest BCUT2D eigenvalue weighted by molar-refractivity contribution is 0.549. The summed E-state index contributed by atoms with van der Waals surface area (Å²) in [5.74, 6) is 0. The first-order valence-electron chi connectivity index (χ1n) is 6.89. The quantitative estimate of drug-likeness (QED) is 0.851. The van der Waals surface area contributed by atoms with Gasteiger partial charge in [0.2, 0.25) is 0 Å². The molecule has 2 aromatic rings. The molecule has 0 bridgehead atoms. The van der Waals surface area contributed by atoms with Crippen LogP contribution >= 0.6 is 15.9 Å². The lowest BCUT2D eigenvalue weighted by Crippen LogP contribution is -2.25. The molecule has 0 aliphatic rings. The van der Waals surface area contributed by atoms with E-state index in [1.54, 1.807) is 0 Å². The van der Waals surface area contributed by atoms with E-state index in [2.05, 4.69) is 87.8 Å². The van der Waals surface area contributed by atoms with E-state index in [4.69, 9.17) is 0 Å². The summed E-state index contributed by atoms with van der Waals surface area (Å²) < 4.78 is 1.12. The Morgan fingerprint density at radius 3 is 2.30 bits per heavy atom. The van der Waals surface area contributed by atoms with E-state index in [1.165, 1.54) is 11.3 Å². The van der Waals surface area contributed by atoms with E-state index in [0.29, 0.717) is 6.04 Å². The summed E-state index contributed by atoms with van der Waals surface area (Å²) >= 11 is 3.48. The molecule has 2 rings (SSSR count). The molecule has 0 aliphatic carbocycles. The van der Waals surface area contributed by atoms with Crippen molar-refractivity contribution in [2.24, 2.45) is 0 Å². The van der Waals surface area contributed by atoms with Crippen LogP contribution in [0.25, 0.3) is 0 Å². The summed E-state index contributed by atoms with van der Waals surface area (Å²) in [6, 6.07) is 19.4. The molecule has 2 aromatic carbocycles. The summed E-state index contributed by atoms with van der Waals surface area (Å²) in [7, 11) is 4.17. The number of anilines is 1. The molecule has 0 fully saturated rings. The van der Waals surface area contributed by atoms with Gasteiger partial charge in [-0.3, -0.25) is 0 Å². The lowest BCUT2D eigenvalue weighted by atomic mass is 10.0. The van der Waals surface area contributed by atoms with Crippen molar-refractivity contribution in [2.45, 2.75) is 12.5 Å². The molecule has 0 aliphatic heterocycles. The molecule has 1 N–H and O–H groups in total. The summed E-state index contributed by atoms with van der Waals surface area (Å²) in [6.07, 6.45) is 1.07. The maximum Gasteiger partial charge on any atom is 0.0363 e. The SMILES string of the molecule is CNC(CCN(C)c1ccccc1)c1ccc(Br)cc1. The van der Waals surface area contributed by atoms with Gasteiger partial charge in [0.25, 0.3) is 0 Å². The Kier molecular flexibility index (Phi) is 5.62. The first-order chi connectivity index (χ1) is 9.70. The van der Waals surface area contributed by atoms with Crippen molar-refractivity contribution in [1.82, 2.24) is 5.32 Å². The molecule has 0 heterocycles. The maximum absolute atomic E-state index is 3.48. The zero-order chi connectivity index (χ0) is 14.4. The fourth-order valence-electron chi connectivity index (χ4n) is 2.31. The second-order valence-electron chi connectivity index (χ2n) is 4.94. The highest BCUT2D eigenvalue weighted by Gasteiger charge is 2.10. The van der Waals surface area contributed by atoms with Gasteiger partial charge in [0.05, 0.1) is 0 Å². The van der Waals surface area contributed by atoms with E-state index >= 15 is 0 Å². The Labute approximate surface area is 129 Å². The van der Waals surface area contributed by atoms with Crippen LogP contribution < -0.4 is 10.2 Å². The van der Waals surface area contributed by atoms with Crippen molar-refractivity contribution in [2.75, 3.05) is 25.5 Å². The van der Waals surface area contributed by atoms with Gasteiger partial charge in [-0.05, 0) is 43.3 Å². The third-order valence-electron chi connectivity index (χ3n) is 3.57. The highest BCUT2D eigenvalue weighted by molar-refractivity contribution is 9.10. The molecule has 0 saturated heterocycles. The molecule has 0 saturated carbocycles. The van der Waals surface area contributed by atoms with E-state index in [9.17, 15) is 0 Å². The molecule has 0 radical (unpaired) electrons. The zero-order valence-corrected chi connectivity index (χ0v) is 13.6. The van der Waals surface area contributed by atoms with Gasteiger partial charge >= 0.3 is 0 Å². The smallest absolute Gasteiger partial charge is 0.0363 e. The fraction of sp³-hybridized carbons (Fsp3) is 0.294. The van der Waals surface area contributed by atoms with E-state index in [1.807, 2.05) is 7.05 Å². The number of hydrogen-bond acceptors (Lipinski definition) is 2. The number of nitrogens with zero attached hydrogens (tertiary/aromatic N) is 1. The average molecular weight is 333 g/mol. The maximum atomic E-state index is 3.48. The molecule has 2 nitrogen and oxygen atoms in total. The van der Waals surface area contributed by atoms with Crippen LogP contribution in [0.3, 0.4) is 0 Å². The predicted molar refractivity (Wildman–Crippen MR) is 90.3 cm³/mol. The third kappa shape index (κ3) is 4.09. The second kappa shape index (κ2) is 7.46. The van der Waals surface area contributed by atoms with Crippen molar-refractivity contribution in [3.05, 3.63) is 64.6 Å². The summed E-state index contributed by atoms with van der Waals surface area (Å²) in [5.41, 5.74) is 2.59. The predicted octanol–water partition coefficient (Wildman–Crippen LogP) is 4.24. The van der Waals surface area contributed by atoms with E-state index in [0.717, 1.165) is 17.4 Å². The highest BCUT2D eigenvalue weighted by Crippen LogP contribution is 2.21. The van der Waals surface area contributed by atoms with E-state index < -0.39 is 0 Å². The van der Waals surface area contributed by atoms with Crippen LogP contribution in [0.5, 0.6) is 0 Å². The number of para-hydroxylation sites is 1. The van der Waals surface area contributed by atoms with Crippen LogP contribution in [0.1, 0.15) is 18.0 Å². The van der Waals surface area contributed by atoms with Crippen molar-refractivity contribution < 1.29 is 0 Å². The Bertz CT molecular complexity index is 510. The summed E-state index contributed by atoms with van der Waals surface area (Å²) in [5, 5.41) is 3.40. The Morgan fingerprint density at radius 1 is 1.05 bits per heavy atom. The van der Waals surface area contributed by atoms with Crippen molar-refractivity contribution >= 4 is 21.6 Å². The Morgan fingerprint density at radius 2 is 1.70 bits per heavy atom. The summed E-state index contributed by atoms with van der Waals surface area (Å²) in [4.78, 5) is 2.29. The second-order valence-corrected chi connectivity index (χ2v) is 5.85. The Balaban J connectivity index is 1.95.